The zero-order valence-electron chi connectivity index (χ0n) is 14.9. The number of aromatic nitrogens is 3. The summed E-state index contributed by atoms with van der Waals surface area (Å²) in [5.74, 6) is -0.460. The van der Waals surface area contributed by atoms with Crippen LogP contribution in [0.5, 0.6) is 0 Å². The molecule has 0 spiro atoms. The molecule has 148 valence electrons. The van der Waals surface area contributed by atoms with Gasteiger partial charge in [0.1, 0.15) is 48.4 Å². The van der Waals surface area contributed by atoms with E-state index in [2.05, 4.69) is 9.97 Å². The summed E-state index contributed by atoms with van der Waals surface area (Å²) < 4.78 is 34.1. The number of fused-ring (bicyclic) bond motifs is 1. The van der Waals surface area contributed by atoms with Crippen molar-refractivity contribution in [2.75, 3.05) is 0 Å². The van der Waals surface area contributed by atoms with Gasteiger partial charge in [0.15, 0.2) is 6.23 Å². The fourth-order valence-electron chi connectivity index (χ4n) is 3.54. The molecule has 1 aliphatic heterocycles. The van der Waals surface area contributed by atoms with Crippen LogP contribution in [-0.2, 0) is 4.74 Å². The number of alkyl halides is 1. The molecule has 3 N–H and O–H groups in total. The number of hydrogen-bond donors (Lipinski definition) is 3. The van der Waals surface area contributed by atoms with Gasteiger partial charge in [-0.15, -0.1) is 0 Å². The molecule has 1 aromatic carbocycles. The number of benzene rings is 1. The molecule has 1 saturated heterocycles. The van der Waals surface area contributed by atoms with Crippen molar-refractivity contribution < 1.29 is 28.8 Å². The van der Waals surface area contributed by atoms with Crippen LogP contribution in [0.2, 0.25) is 0 Å². The predicted molar refractivity (Wildman–Crippen MR) is 94.3 cm³/mol. The Morgan fingerprint density at radius 1 is 1.11 bits per heavy atom. The Hall–Kier alpha value is -2.46. The molecule has 9 heteroatoms. The second-order valence-electron chi connectivity index (χ2n) is 6.80. The first-order valence-electron chi connectivity index (χ1n) is 8.79. The van der Waals surface area contributed by atoms with Crippen LogP contribution in [0.25, 0.3) is 11.0 Å². The summed E-state index contributed by atoms with van der Waals surface area (Å²) in [6.07, 6.45) is -4.79. The van der Waals surface area contributed by atoms with E-state index in [-0.39, 0.29) is 5.69 Å². The number of ether oxygens (including phenoxy) is 1. The SMILES string of the molecule is CC(F)c1ncnc2c1ccn2[C@@H]1O[C@H]([C@H](O)c2ccc(F)cc2)[C@@H](O)[C@H]1O. The molecule has 1 unspecified atom stereocenters. The highest BCUT2D eigenvalue weighted by Crippen LogP contribution is 2.38. The van der Waals surface area contributed by atoms with Crippen molar-refractivity contribution in [3.8, 4) is 0 Å². The molecule has 0 saturated carbocycles. The lowest BCUT2D eigenvalue weighted by molar-refractivity contribution is -0.0848. The van der Waals surface area contributed by atoms with Crippen LogP contribution in [0.4, 0.5) is 8.78 Å². The number of rotatable bonds is 4. The lowest BCUT2D eigenvalue weighted by Gasteiger charge is -2.21. The van der Waals surface area contributed by atoms with Crippen molar-refractivity contribution in [2.24, 2.45) is 0 Å². The van der Waals surface area contributed by atoms with Crippen LogP contribution in [0, 0.1) is 5.82 Å². The van der Waals surface area contributed by atoms with Gasteiger partial charge in [-0.25, -0.2) is 18.7 Å². The highest BCUT2D eigenvalue weighted by atomic mass is 19.1. The third kappa shape index (κ3) is 3.06. The molecule has 4 rings (SSSR count). The highest BCUT2D eigenvalue weighted by molar-refractivity contribution is 5.79. The Morgan fingerprint density at radius 2 is 1.82 bits per heavy atom. The second-order valence-corrected chi connectivity index (χ2v) is 6.80. The maximum absolute atomic E-state index is 13.8. The highest BCUT2D eigenvalue weighted by Gasteiger charge is 2.47. The largest absolute Gasteiger partial charge is 0.387 e. The van der Waals surface area contributed by atoms with E-state index in [9.17, 15) is 24.1 Å². The van der Waals surface area contributed by atoms with Gasteiger partial charge in [-0.05, 0) is 30.7 Å². The molecule has 3 heterocycles. The van der Waals surface area contributed by atoms with Crippen LogP contribution < -0.4 is 0 Å². The number of aliphatic hydroxyl groups excluding tert-OH is 3. The van der Waals surface area contributed by atoms with E-state index in [0.29, 0.717) is 16.6 Å². The van der Waals surface area contributed by atoms with Crippen molar-refractivity contribution in [3.63, 3.8) is 0 Å². The summed E-state index contributed by atoms with van der Waals surface area (Å²) in [4.78, 5) is 8.08. The first-order valence-corrected chi connectivity index (χ1v) is 8.79. The zero-order valence-corrected chi connectivity index (χ0v) is 14.9. The van der Waals surface area contributed by atoms with Gasteiger partial charge in [-0.1, -0.05) is 12.1 Å². The van der Waals surface area contributed by atoms with Crippen molar-refractivity contribution in [1.82, 2.24) is 14.5 Å². The maximum Gasteiger partial charge on any atom is 0.164 e. The minimum absolute atomic E-state index is 0.208. The average Bonchev–Trinajstić information content (AvgIpc) is 3.23. The molecule has 0 radical (unpaired) electrons. The molecule has 2 aromatic heterocycles. The third-order valence-electron chi connectivity index (χ3n) is 4.99. The van der Waals surface area contributed by atoms with E-state index >= 15 is 0 Å². The van der Waals surface area contributed by atoms with E-state index in [1.165, 1.54) is 42.1 Å². The van der Waals surface area contributed by atoms with E-state index in [0.717, 1.165) is 0 Å². The quantitative estimate of drug-likeness (QED) is 0.629. The second kappa shape index (κ2) is 7.17. The number of hydrogen-bond acceptors (Lipinski definition) is 6. The van der Waals surface area contributed by atoms with Crippen LogP contribution in [0.15, 0.2) is 42.9 Å². The monoisotopic (exact) mass is 391 g/mol. The molecular formula is C19H19F2N3O4. The van der Waals surface area contributed by atoms with Crippen molar-refractivity contribution >= 4 is 11.0 Å². The van der Waals surface area contributed by atoms with Gasteiger partial charge in [0.2, 0.25) is 0 Å². The molecule has 28 heavy (non-hydrogen) atoms. The fraction of sp³-hybridized carbons (Fsp3) is 0.368. The van der Waals surface area contributed by atoms with E-state index in [1.807, 2.05) is 0 Å². The summed E-state index contributed by atoms with van der Waals surface area (Å²) >= 11 is 0. The molecule has 3 aromatic rings. The molecule has 0 amide bonds. The summed E-state index contributed by atoms with van der Waals surface area (Å²) in [7, 11) is 0. The first-order chi connectivity index (χ1) is 13.4. The van der Waals surface area contributed by atoms with Gasteiger partial charge in [-0.3, -0.25) is 0 Å². The van der Waals surface area contributed by atoms with Gasteiger partial charge in [0.05, 0.1) is 5.69 Å². The van der Waals surface area contributed by atoms with Crippen molar-refractivity contribution in [2.45, 2.75) is 43.7 Å². The van der Waals surface area contributed by atoms with Crippen molar-refractivity contribution in [3.05, 3.63) is 59.9 Å². The smallest absolute Gasteiger partial charge is 0.164 e. The standard InChI is InChI=1S/C19H19F2N3O4/c1-9(20)13-12-6-7-24(18(12)23-8-22-13)19-16(27)15(26)17(28-19)14(25)10-2-4-11(21)5-3-10/h2-9,14-17,19,25-27H,1H3/t9?,14-,15+,16-,17-,19-/m1/s1. The molecule has 6 atom stereocenters. The minimum Gasteiger partial charge on any atom is -0.387 e. The molecule has 7 nitrogen and oxygen atoms in total. The zero-order chi connectivity index (χ0) is 20.0. The summed E-state index contributed by atoms with van der Waals surface area (Å²) in [6.45, 7) is 1.36. The van der Waals surface area contributed by atoms with E-state index < -0.39 is 42.6 Å². The Balaban J connectivity index is 1.66. The Morgan fingerprint density at radius 3 is 2.50 bits per heavy atom. The fourth-order valence-corrected chi connectivity index (χ4v) is 3.54. The van der Waals surface area contributed by atoms with Gasteiger partial charge >= 0.3 is 0 Å². The van der Waals surface area contributed by atoms with E-state index in [1.54, 1.807) is 12.3 Å². The molecule has 1 fully saturated rings. The lowest BCUT2D eigenvalue weighted by atomic mass is 9.99. The predicted octanol–water partition coefficient (Wildman–Crippen LogP) is 1.95. The Bertz CT molecular complexity index is 979. The Kier molecular flexibility index (Phi) is 4.84. The van der Waals surface area contributed by atoms with Gasteiger partial charge in [0.25, 0.3) is 0 Å². The topological polar surface area (TPSA) is 101 Å². The number of halogens is 2. The summed E-state index contributed by atoms with van der Waals surface area (Å²) in [6, 6.07) is 6.73. The van der Waals surface area contributed by atoms with Crippen LogP contribution in [0.1, 0.15) is 36.7 Å². The van der Waals surface area contributed by atoms with Crippen LogP contribution in [-0.4, -0.2) is 48.2 Å². The van der Waals surface area contributed by atoms with Gasteiger partial charge < -0.3 is 24.6 Å². The number of nitrogens with zero attached hydrogens (tertiary/aromatic N) is 3. The molecular weight excluding hydrogens is 372 g/mol. The summed E-state index contributed by atoms with van der Waals surface area (Å²) in [5, 5.41) is 31.9. The minimum atomic E-state index is -1.40. The van der Waals surface area contributed by atoms with Crippen LogP contribution >= 0.6 is 0 Å². The molecule has 0 aliphatic carbocycles. The normalized spacial score (nSPS) is 27.2. The first kappa shape index (κ1) is 18.9. The maximum atomic E-state index is 13.8. The number of aliphatic hydroxyl groups is 3. The molecule has 1 aliphatic rings. The van der Waals surface area contributed by atoms with Crippen molar-refractivity contribution in [1.29, 1.82) is 0 Å². The van der Waals surface area contributed by atoms with Gasteiger partial charge in [0, 0.05) is 11.6 Å². The third-order valence-corrected chi connectivity index (χ3v) is 4.99. The average molecular weight is 391 g/mol. The van der Waals surface area contributed by atoms with Crippen LogP contribution in [0.3, 0.4) is 0 Å². The Labute approximate surface area is 158 Å². The molecule has 0 bridgehead atoms. The summed E-state index contributed by atoms with van der Waals surface area (Å²) in [5.41, 5.74) is 0.883. The van der Waals surface area contributed by atoms with Gasteiger partial charge in [-0.2, -0.15) is 0 Å². The van der Waals surface area contributed by atoms with E-state index in [4.69, 9.17) is 4.74 Å². The lowest BCUT2D eigenvalue weighted by Crippen LogP contribution is -2.34.